The zero-order valence-electron chi connectivity index (χ0n) is 12.5. The molecule has 2 N–H and O–H groups in total. The van der Waals surface area contributed by atoms with Crippen molar-refractivity contribution < 1.29 is 4.74 Å². The highest BCUT2D eigenvalue weighted by Gasteiger charge is 2.10. The first-order valence-corrected chi connectivity index (χ1v) is 6.63. The molecule has 106 valence electrons. The molecule has 0 aliphatic carbocycles. The van der Waals surface area contributed by atoms with Crippen LogP contribution >= 0.6 is 0 Å². The summed E-state index contributed by atoms with van der Waals surface area (Å²) in [7, 11) is 1.83. The normalized spacial score (nSPS) is 10.4. The molecule has 0 radical (unpaired) electrons. The Morgan fingerprint density at radius 2 is 1.85 bits per heavy atom. The van der Waals surface area contributed by atoms with E-state index >= 15 is 0 Å². The van der Waals surface area contributed by atoms with Crippen LogP contribution in [-0.4, -0.2) is 12.0 Å². The molecule has 0 saturated carbocycles. The number of anilines is 1. The van der Waals surface area contributed by atoms with Crippen LogP contribution in [0, 0.1) is 20.8 Å². The van der Waals surface area contributed by atoms with Gasteiger partial charge in [0.1, 0.15) is 6.61 Å². The van der Waals surface area contributed by atoms with Crippen LogP contribution in [0.1, 0.15) is 22.4 Å². The summed E-state index contributed by atoms with van der Waals surface area (Å²) in [5, 5.41) is 1.61. The topological polar surface area (TPSA) is 51.4 Å². The third kappa shape index (κ3) is 3.08. The number of benzene rings is 1. The lowest BCUT2D eigenvalue weighted by atomic mass is 10.1. The molecule has 0 saturated heterocycles. The molecular formula is C16H21N3O. The molecule has 4 heteroatoms. The lowest BCUT2D eigenvalue weighted by Gasteiger charge is -2.19. The van der Waals surface area contributed by atoms with Gasteiger partial charge < -0.3 is 9.75 Å². The quantitative estimate of drug-likeness (QED) is 0.686. The van der Waals surface area contributed by atoms with Gasteiger partial charge in [0.15, 0.2) is 0 Å². The fourth-order valence-electron chi connectivity index (χ4n) is 2.09. The van der Waals surface area contributed by atoms with E-state index in [4.69, 9.17) is 10.6 Å². The SMILES string of the molecule is Cc1ccc(C)c(OCc2c(C)cccc2N(C)N)n1. The van der Waals surface area contributed by atoms with Crippen LogP contribution in [0.3, 0.4) is 0 Å². The Morgan fingerprint density at radius 3 is 2.55 bits per heavy atom. The second kappa shape index (κ2) is 5.92. The van der Waals surface area contributed by atoms with Crippen LogP contribution in [0.15, 0.2) is 30.3 Å². The lowest BCUT2D eigenvalue weighted by Crippen LogP contribution is -2.26. The first kappa shape index (κ1) is 14.3. The van der Waals surface area contributed by atoms with Gasteiger partial charge >= 0.3 is 0 Å². The van der Waals surface area contributed by atoms with E-state index < -0.39 is 0 Å². The molecule has 1 aromatic heterocycles. The standard InChI is InChI=1S/C16H21N3O/c1-11-6-5-7-15(19(4)17)14(11)10-20-16-12(2)8-9-13(3)18-16/h5-9H,10,17H2,1-4H3. The van der Waals surface area contributed by atoms with Gasteiger partial charge in [-0.15, -0.1) is 0 Å². The van der Waals surface area contributed by atoms with Crippen LogP contribution < -0.4 is 15.6 Å². The van der Waals surface area contributed by atoms with Gasteiger partial charge in [-0.25, -0.2) is 10.8 Å². The summed E-state index contributed by atoms with van der Waals surface area (Å²) < 4.78 is 5.88. The van der Waals surface area contributed by atoms with E-state index in [9.17, 15) is 0 Å². The van der Waals surface area contributed by atoms with Gasteiger partial charge in [-0.05, 0) is 38.5 Å². The molecule has 1 aromatic carbocycles. The van der Waals surface area contributed by atoms with Crippen molar-refractivity contribution >= 4 is 5.69 Å². The van der Waals surface area contributed by atoms with Crippen molar-refractivity contribution in [3.8, 4) is 5.88 Å². The second-order valence-electron chi connectivity index (χ2n) is 5.05. The van der Waals surface area contributed by atoms with Gasteiger partial charge in [-0.3, -0.25) is 0 Å². The molecule has 0 spiro atoms. The fourth-order valence-corrected chi connectivity index (χ4v) is 2.09. The van der Waals surface area contributed by atoms with Crippen molar-refractivity contribution in [2.24, 2.45) is 5.84 Å². The van der Waals surface area contributed by atoms with Crippen LogP contribution in [0.25, 0.3) is 0 Å². The molecule has 0 atom stereocenters. The maximum Gasteiger partial charge on any atom is 0.216 e. The van der Waals surface area contributed by atoms with Crippen LogP contribution in [0.4, 0.5) is 5.69 Å². The molecular weight excluding hydrogens is 250 g/mol. The highest BCUT2D eigenvalue weighted by molar-refractivity contribution is 5.55. The van der Waals surface area contributed by atoms with Crippen molar-refractivity contribution in [2.75, 3.05) is 12.1 Å². The summed E-state index contributed by atoms with van der Waals surface area (Å²) in [6.45, 7) is 6.47. The number of pyridine rings is 1. The molecule has 4 nitrogen and oxygen atoms in total. The first-order valence-electron chi connectivity index (χ1n) is 6.63. The van der Waals surface area contributed by atoms with Gasteiger partial charge in [0.25, 0.3) is 0 Å². The molecule has 0 aliphatic heterocycles. The van der Waals surface area contributed by atoms with E-state index in [-0.39, 0.29) is 0 Å². The number of aryl methyl sites for hydroxylation is 3. The van der Waals surface area contributed by atoms with E-state index in [1.807, 2.05) is 45.2 Å². The summed E-state index contributed by atoms with van der Waals surface area (Å²) in [6, 6.07) is 10.0. The van der Waals surface area contributed by atoms with E-state index in [0.29, 0.717) is 12.5 Å². The monoisotopic (exact) mass is 271 g/mol. The van der Waals surface area contributed by atoms with Crippen LogP contribution in [0.2, 0.25) is 0 Å². The molecule has 2 rings (SSSR count). The third-order valence-electron chi connectivity index (χ3n) is 3.31. The number of rotatable bonds is 4. The number of aromatic nitrogens is 1. The summed E-state index contributed by atoms with van der Waals surface area (Å²) in [5.41, 5.74) is 5.19. The van der Waals surface area contributed by atoms with Gasteiger partial charge in [-0.1, -0.05) is 18.2 Å². The van der Waals surface area contributed by atoms with Crippen molar-refractivity contribution in [2.45, 2.75) is 27.4 Å². The van der Waals surface area contributed by atoms with Gasteiger partial charge in [-0.2, -0.15) is 0 Å². The fraction of sp³-hybridized carbons (Fsp3) is 0.312. The van der Waals surface area contributed by atoms with Crippen molar-refractivity contribution in [3.05, 3.63) is 52.7 Å². The summed E-state index contributed by atoms with van der Waals surface area (Å²) in [5.74, 6) is 6.55. The Kier molecular flexibility index (Phi) is 4.25. The highest BCUT2D eigenvalue weighted by Crippen LogP contribution is 2.24. The molecule has 2 aromatic rings. The number of nitrogens with two attached hydrogens (primary N) is 1. The lowest BCUT2D eigenvalue weighted by molar-refractivity contribution is 0.290. The maximum atomic E-state index is 5.88. The molecule has 20 heavy (non-hydrogen) atoms. The molecule has 1 heterocycles. The number of hydrogen-bond donors (Lipinski definition) is 1. The molecule has 0 amide bonds. The highest BCUT2D eigenvalue weighted by atomic mass is 16.5. The van der Waals surface area contributed by atoms with E-state index in [1.54, 1.807) is 5.01 Å². The van der Waals surface area contributed by atoms with Gasteiger partial charge in [0, 0.05) is 23.9 Å². The van der Waals surface area contributed by atoms with E-state index in [2.05, 4.69) is 18.0 Å². The summed E-state index contributed by atoms with van der Waals surface area (Å²) in [4.78, 5) is 4.42. The minimum atomic E-state index is 0.459. The average Bonchev–Trinajstić information content (AvgIpc) is 2.40. The molecule has 0 aliphatic rings. The summed E-state index contributed by atoms with van der Waals surface area (Å²) in [6.07, 6.45) is 0. The van der Waals surface area contributed by atoms with Crippen LogP contribution in [0.5, 0.6) is 5.88 Å². The molecule has 0 fully saturated rings. The van der Waals surface area contributed by atoms with Crippen molar-refractivity contribution in [1.82, 2.24) is 4.98 Å². The Hall–Kier alpha value is -2.07. The Bertz CT molecular complexity index is 609. The van der Waals surface area contributed by atoms with Crippen molar-refractivity contribution in [3.63, 3.8) is 0 Å². The zero-order valence-corrected chi connectivity index (χ0v) is 12.5. The predicted molar refractivity (Wildman–Crippen MR) is 81.8 cm³/mol. The summed E-state index contributed by atoms with van der Waals surface area (Å²) >= 11 is 0. The minimum Gasteiger partial charge on any atom is -0.473 e. The largest absolute Gasteiger partial charge is 0.473 e. The third-order valence-corrected chi connectivity index (χ3v) is 3.31. The first-order chi connectivity index (χ1) is 9.49. The average molecular weight is 271 g/mol. The van der Waals surface area contributed by atoms with Gasteiger partial charge in [0.05, 0.1) is 5.69 Å². The second-order valence-corrected chi connectivity index (χ2v) is 5.05. The van der Waals surface area contributed by atoms with E-state index in [1.165, 1.54) is 0 Å². The number of nitrogens with zero attached hydrogens (tertiary/aromatic N) is 2. The number of hydrazine groups is 1. The molecule has 0 unspecified atom stereocenters. The molecule has 0 bridgehead atoms. The number of hydrogen-bond acceptors (Lipinski definition) is 4. The zero-order chi connectivity index (χ0) is 14.7. The van der Waals surface area contributed by atoms with E-state index in [0.717, 1.165) is 28.1 Å². The minimum absolute atomic E-state index is 0.459. The van der Waals surface area contributed by atoms with Crippen LogP contribution in [-0.2, 0) is 6.61 Å². The Labute approximate surface area is 120 Å². The number of ether oxygens (including phenoxy) is 1. The predicted octanol–water partition coefficient (Wildman–Crippen LogP) is 2.90. The Balaban J connectivity index is 2.25. The van der Waals surface area contributed by atoms with Gasteiger partial charge in [0.2, 0.25) is 5.88 Å². The Morgan fingerprint density at radius 1 is 1.10 bits per heavy atom. The maximum absolute atomic E-state index is 5.88. The smallest absolute Gasteiger partial charge is 0.216 e. The van der Waals surface area contributed by atoms with Crippen molar-refractivity contribution in [1.29, 1.82) is 0 Å².